The quantitative estimate of drug-likeness (QED) is 0.740. The molecule has 1 amide bonds. The largest absolute Gasteiger partial charge is 0.482 e. The van der Waals surface area contributed by atoms with Crippen LogP contribution in [0.1, 0.15) is 31.2 Å². The van der Waals surface area contributed by atoms with Crippen molar-refractivity contribution < 1.29 is 9.53 Å². The van der Waals surface area contributed by atoms with E-state index >= 15 is 0 Å². The fourth-order valence-electron chi connectivity index (χ4n) is 1.79. The Morgan fingerprint density at radius 2 is 2.14 bits per heavy atom. The van der Waals surface area contributed by atoms with Gasteiger partial charge in [0, 0.05) is 6.42 Å². The highest BCUT2D eigenvalue weighted by Gasteiger charge is 2.09. The lowest BCUT2D eigenvalue weighted by molar-refractivity contribution is -0.118. The molecule has 5 nitrogen and oxygen atoms in total. The molecule has 1 aromatic carbocycles. The minimum atomic E-state index is -0.281. The number of hydrogen-bond donors (Lipinski definition) is 1. The summed E-state index contributed by atoms with van der Waals surface area (Å²) in [7, 11) is 0. The van der Waals surface area contributed by atoms with Crippen LogP contribution < -0.4 is 10.1 Å². The third-order valence-corrected chi connectivity index (χ3v) is 4.11. The number of carbonyl (C=O) groups excluding carboxylic acids is 1. The van der Waals surface area contributed by atoms with E-state index in [4.69, 9.17) is 16.3 Å². The lowest BCUT2D eigenvalue weighted by atomic mass is 10.2. The third kappa shape index (κ3) is 5.27. The van der Waals surface area contributed by atoms with Crippen LogP contribution in [-0.4, -0.2) is 22.7 Å². The van der Waals surface area contributed by atoms with Crippen molar-refractivity contribution >= 4 is 34.0 Å². The molecule has 0 aliphatic rings. The number of benzene rings is 1. The fourth-order valence-corrected chi connectivity index (χ4v) is 2.78. The number of halogens is 1. The zero-order valence-electron chi connectivity index (χ0n) is 12.3. The Balaban J connectivity index is 1.78. The van der Waals surface area contributed by atoms with Gasteiger partial charge in [0.2, 0.25) is 5.13 Å². The van der Waals surface area contributed by atoms with E-state index < -0.39 is 0 Å². The van der Waals surface area contributed by atoms with E-state index in [2.05, 4.69) is 22.4 Å². The Labute approximate surface area is 138 Å². The number of aryl methyl sites for hydroxylation is 1. The molecule has 0 radical (unpaired) electrons. The molecule has 1 aromatic heterocycles. The first-order chi connectivity index (χ1) is 10.7. The van der Waals surface area contributed by atoms with Crippen molar-refractivity contribution in [3.63, 3.8) is 0 Å². The molecule has 0 aliphatic heterocycles. The lowest BCUT2D eigenvalue weighted by Crippen LogP contribution is -2.20. The van der Waals surface area contributed by atoms with Crippen molar-refractivity contribution in [1.29, 1.82) is 0 Å². The Kier molecular flexibility index (Phi) is 6.61. The summed E-state index contributed by atoms with van der Waals surface area (Å²) in [5, 5.41) is 12.6. The van der Waals surface area contributed by atoms with E-state index in [1.807, 2.05) is 0 Å². The Morgan fingerprint density at radius 3 is 2.91 bits per heavy atom. The molecule has 22 heavy (non-hydrogen) atoms. The van der Waals surface area contributed by atoms with Crippen LogP contribution in [0.3, 0.4) is 0 Å². The van der Waals surface area contributed by atoms with E-state index in [1.54, 1.807) is 24.3 Å². The molecule has 1 N–H and O–H groups in total. The number of aromatic nitrogens is 2. The van der Waals surface area contributed by atoms with Crippen LogP contribution in [-0.2, 0) is 11.2 Å². The van der Waals surface area contributed by atoms with Crippen LogP contribution >= 0.6 is 22.9 Å². The highest BCUT2D eigenvalue weighted by molar-refractivity contribution is 7.15. The molecule has 0 saturated heterocycles. The Hall–Kier alpha value is -1.66. The molecule has 118 valence electrons. The number of nitrogens with zero attached hydrogens (tertiary/aromatic N) is 2. The maximum Gasteiger partial charge on any atom is 0.264 e. The molecular weight excluding hydrogens is 322 g/mol. The molecular formula is C15H18ClN3O2S. The first-order valence-corrected chi connectivity index (χ1v) is 8.38. The number of ether oxygens (including phenoxy) is 1. The average Bonchev–Trinajstić information content (AvgIpc) is 2.94. The number of anilines is 1. The summed E-state index contributed by atoms with van der Waals surface area (Å²) >= 11 is 7.36. The normalized spacial score (nSPS) is 10.5. The van der Waals surface area contributed by atoms with Gasteiger partial charge >= 0.3 is 0 Å². The Morgan fingerprint density at radius 1 is 1.32 bits per heavy atom. The van der Waals surface area contributed by atoms with Crippen LogP contribution in [0.5, 0.6) is 5.75 Å². The first kappa shape index (κ1) is 16.7. The van der Waals surface area contributed by atoms with Crippen molar-refractivity contribution in [2.24, 2.45) is 0 Å². The number of para-hydroxylation sites is 1. The van der Waals surface area contributed by atoms with Gasteiger partial charge in [-0.3, -0.25) is 10.1 Å². The number of amides is 1. The minimum absolute atomic E-state index is 0.117. The average molecular weight is 340 g/mol. The molecule has 0 fully saturated rings. The second kappa shape index (κ2) is 8.70. The SMILES string of the molecule is CCCCCc1nnc(NC(=O)COc2ccccc2Cl)s1. The molecule has 0 spiro atoms. The zero-order chi connectivity index (χ0) is 15.8. The van der Waals surface area contributed by atoms with Crippen LogP contribution in [0, 0.1) is 0 Å². The standard InChI is InChI=1S/C15H18ClN3O2S/c1-2-3-4-9-14-18-19-15(22-14)17-13(20)10-21-12-8-6-5-7-11(12)16/h5-8H,2-4,9-10H2,1H3,(H,17,19,20). The van der Waals surface area contributed by atoms with Crippen LogP contribution in [0.25, 0.3) is 0 Å². The van der Waals surface area contributed by atoms with Gasteiger partial charge in [0.25, 0.3) is 5.91 Å². The summed E-state index contributed by atoms with van der Waals surface area (Å²) in [5.74, 6) is 0.202. The highest BCUT2D eigenvalue weighted by atomic mass is 35.5. The number of carbonyl (C=O) groups is 1. The van der Waals surface area contributed by atoms with Crippen molar-refractivity contribution in [2.75, 3.05) is 11.9 Å². The topological polar surface area (TPSA) is 64.1 Å². The van der Waals surface area contributed by atoms with E-state index in [9.17, 15) is 4.79 Å². The van der Waals surface area contributed by atoms with E-state index in [-0.39, 0.29) is 12.5 Å². The van der Waals surface area contributed by atoms with Crippen LogP contribution in [0.15, 0.2) is 24.3 Å². The van der Waals surface area contributed by atoms with Gasteiger partial charge in [-0.15, -0.1) is 10.2 Å². The fraction of sp³-hybridized carbons (Fsp3) is 0.400. The van der Waals surface area contributed by atoms with Crippen molar-refractivity contribution in [3.8, 4) is 5.75 Å². The number of nitrogens with one attached hydrogen (secondary N) is 1. The maximum atomic E-state index is 11.8. The summed E-state index contributed by atoms with van der Waals surface area (Å²) < 4.78 is 5.37. The molecule has 0 aliphatic carbocycles. The summed E-state index contributed by atoms with van der Waals surface area (Å²) in [5.41, 5.74) is 0. The van der Waals surface area contributed by atoms with Gasteiger partial charge in [-0.05, 0) is 18.6 Å². The van der Waals surface area contributed by atoms with Crippen molar-refractivity contribution in [2.45, 2.75) is 32.6 Å². The zero-order valence-corrected chi connectivity index (χ0v) is 13.9. The smallest absolute Gasteiger partial charge is 0.264 e. The van der Waals surface area contributed by atoms with E-state index in [1.165, 1.54) is 24.2 Å². The predicted octanol–water partition coefficient (Wildman–Crippen LogP) is 3.94. The molecule has 0 unspecified atom stereocenters. The third-order valence-electron chi connectivity index (χ3n) is 2.90. The van der Waals surface area contributed by atoms with Crippen molar-refractivity contribution in [3.05, 3.63) is 34.3 Å². The summed E-state index contributed by atoms with van der Waals surface area (Å²) in [6.07, 6.45) is 4.33. The van der Waals surface area contributed by atoms with Crippen LogP contribution in [0.4, 0.5) is 5.13 Å². The summed E-state index contributed by atoms with van der Waals surface area (Å²) in [4.78, 5) is 11.8. The van der Waals surface area contributed by atoms with E-state index in [0.717, 1.165) is 17.8 Å². The van der Waals surface area contributed by atoms with Crippen molar-refractivity contribution in [1.82, 2.24) is 10.2 Å². The summed E-state index contributed by atoms with van der Waals surface area (Å²) in [6, 6.07) is 7.03. The predicted molar refractivity (Wildman–Crippen MR) is 88.7 cm³/mol. The highest BCUT2D eigenvalue weighted by Crippen LogP contribution is 2.23. The van der Waals surface area contributed by atoms with Gasteiger partial charge in [0.1, 0.15) is 10.8 Å². The lowest BCUT2D eigenvalue weighted by Gasteiger charge is -2.06. The molecule has 2 aromatic rings. The second-order valence-electron chi connectivity index (χ2n) is 4.73. The van der Waals surface area contributed by atoms with Gasteiger partial charge in [-0.1, -0.05) is 54.8 Å². The van der Waals surface area contributed by atoms with Gasteiger partial charge in [0.15, 0.2) is 6.61 Å². The maximum absolute atomic E-state index is 11.8. The van der Waals surface area contributed by atoms with Gasteiger partial charge in [-0.2, -0.15) is 0 Å². The molecule has 0 saturated carbocycles. The molecule has 1 heterocycles. The minimum Gasteiger partial charge on any atom is -0.482 e. The first-order valence-electron chi connectivity index (χ1n) is 7.18. The van der Waals surface area contributed by atoms with Gasteiger partial charge in [0.05, 0.1) is 5.02 Å². The Bertz CT molecular complexity index is 618. The number of rotatable bonds is 8. The molecule has 2 rings (SSSR count). The molecule has 0 bridgehead atoms. The van der Waals surface area contributed by atoms with Gasteiger partial charge in [-0.25, -0.2) is 0 Å². The summed E-state index contributed by atoms with van der Waals surface area (Å²) in [6.45, 7) is 2.04. The molecule has 0 atom stereocenters. The number of hydrogen-bond acceptors (Lipinski definition) is 5. The van der Waals surface area contributed by atoms with E-state index in [0.29, 0.717) is 15.9 Å². The van der Waals surface area contributed by atoms with Crippen LogP contribution in [0.2, 0.25) is 5.02 Å². The van der Waals surface area contributed by atoms with Gasteiger partial charge < -0.3 is 4.74 Å². The molecule has 7 heteroatoms. The second-order valence-corrected chi connectivity index (χ2v) is 6.19. The number of unbranched alkanes of at least 4 members (excludes halogenated alkanes) is 2. The monoisotopic (exact) mass is 339 g/mol.